The Morgan fingerprint density at radius 3 is 2.83 bits per heavy atom. The average Bonchev–Trinajstić information content (AvgIpc) is 2.81. The average molecular weight is 249 g/mol. The molecule has 0 spiro atoms. The third-order valence-corrected chi connectivity index (χ3v) is 3.30. The van der Waals surface area contributed by atoms with E-state index in [0.717, 1.165) is 6.42 Å². The first kappa shape index (κ1) is 12.8. The number of halogens is 1. The summed E-state index contributed by atoms with van der Waals surface area (Å²) in [6, 6.07) is 5.51. The molecule has 4 heteroatoms. The number of nitrogens with two attached hydrogens (primary N) is 1. The number of furan rings is 1. The lowest BCUT2D eigenvalue weighted by Crippen LogP contribution is -2.36. The molecule has 2 atom stereocenters. The molecule has 0 saturated heterocycles. The van der Waals surface area contributed by atoms with Crippen LogP contribution in [0.15, 0.2) is 28.7 Å². The summed E-state index contributed by atoms with van der Waals surface area (Å²) in [6.45, 7) is 3.88. The number of Topliss-reactive ketones (excluding diaryl/α,β-unsaturated/α-hetero) is 1. The zero-order valence-corrected chi connectivity index (χ0v) is 10.4. The number of fused-ring (bicyclic) bond motifs is 1. The number of rotatable bonds is 4. The number of para-hydroxylation sites is 1. The second-order valence-electron chi connectivity index (χ2n) is 4.54. The summed E-state index contributed by atoms with van der Waals surface area (Å²) in [5.74, 6) is -0.554. The number of carbonyl (C=O) groups excluding carboxylic acids is 1. The number of hydrogen-bond donors (Lipinski definition) is 1. The van der Waals surface area contributed by atoms with Gasteiger partial charge in [-0.15, -0.1) is 0 Å². The van der Waals surface area contributed by atoms with Crippen molar-refractivity contribution in [3.05, 3.63) is 35.8 Å². The predicted octanol–water partition coefficient (Wildman–Crippen LogP) is 3.13. The molecule has 0 amide bonds. The molecule has 2 aromatic rings. The van der Waals surface area contributed by atoms with Crippen LogP contribution in [0, 0.1) is 11.7 Å². The van der Waals surface area contributed by atoms with Crippen LogP contribution < -0.4 is 5.73 Å². The fourth-order valence-corrected chi connectivity index (χ4v) is 1.83. The molecule has 0 aliphatic carbocycles. The van der Waals surface area contributed by atoms with Gasteiger partial charge in [-0.3, -0.25) is 4.79 Å². The molecule has 0 bridgehead atoms. The van der Waals surface area contributed by atoms with E-state index < -0.39 is 11.9 Å². The smallest absolute Gasteiger partial charge is 0.214 e. The van der Waals surface area contributed by atoms with Crippen LogP contribution in [0.4, 0.5) is 4.39 Å². The minimum Gasteiger partial charge on any atom is -0.450 e. The van der Waals surface area contributed by atoms with E-state index in [9.17, 15) is 9.18 Å². The van der Waals surface area contributed by atoms with Crippen molar-refractivity contribution in [3.63, 3.8) is 0 Å². The van der Waals surface area contributed by atoms with Crippen LogP contribution in [-0.4, -0.2) is 11.8 Å². The minimum absolute atomic E-state index is 0.0653. The van der Waals surface area contributed by atoms with Gasteiger partial charge < -0.3 is 10.2 Å². The lowest BCUT2D eigenvalue weighted by Gasteiger charge is -2.15. The molecule has 0 saturated carbocycles. The van der Waals surface area contributed by atoms with E-state index >= 15 is 0 Å². The second kappa shape index (κ2) is 4.90. The van der Waals surface area contributed by atoms with Crippen LogP contribution in [-0.2, 0) is 0 Å². The van der Waals surface area contributed by atoms with Gasteiger partial charge >= 0.3 is 0 Å². The van der Waals surface area contributed by atoms with Gasteiger partial charge in [-0.2, -0.15) is 0 Å². The molecule has 0 aliphatic heterocycles. The summed E-state index contributed by atoms with van der Waals surface area (Å²) in [6.07, 6.45) is 0.807. The molecule has 96 valence electrons. The molecule has 18 heavy (non-hydrogen) atoms. The van der Waals surface area contributed by atoms with E-state index in [1.165, 1.54) is 6.07 Å². The van der Waals surface area contributed by atoms with E-state index in [2.05, 4.69) is 0 Å². The maximum Gasteiger partial charge on any atom is 0.214 e. The first-order valence-corrected chi connectivity index (χ1v) is 6.02. The summed E-state index contributed by atoms with van der Waals surface area (Å²) in [7, 11) is 0. The Bertz CT molecular complexity index is 576. The SMILES string of the molecule is CCC(C)C(N)C(=O)c1cc2cccc(F)c2o1. The molecule has 1 aromatic carbocycles. The molecule has 1 heterocycles. The van der Waals surface area contributed by atoms with Crippen molar-refractivity contribution < 1.29 is 13.6 Å². The first-order valence-electron chi connectivity index (χ1n) is 6.02. The van der Waals surface area contributed by atoms with Gasteiger partial charge in [0.1, 0.15) is 0 Å². The Kier molecular flexibility index (Phi) is 3.48. The van der Waals surface area contributed by atoms with Crippen LogP contribution in [0.1, 0.15) is 30.8 Å². The van der Waals surface area contributed by atoms with E-state index in [0.29, 0.717) is 5.39 Å². The highest BCUT2D eigenvalue weighted by Gasteiger charge is 2.24. The number of hydrogen-bond acceptors (Lipinski definition) is 3. The Hall–Kier alpha value is -1.68. The highest BCUT2D eigenvalue weighted by atomic mass is 19.1. The van der Waals surface area contributed by atoms with Crippen molar-refractivity contribution >= 4 is 16.8 Å². The van der Waals surface area contributed by atoms with Crippen LogP contribution in [0.25, 0.3) is 11.0 Å². The summed E-state index contributed by atoms with van der Waals surface area (Å²) >= 11 is 0. The Labute approximate surface area is 105 Å². The summed E-state index contributed by atoms with van der Waals surface area (Å²) in [5.41, 5.74) is 5.97. The zero-order valence-electron chi connectivity index (χ0n) is 10.4. The highest BCUT2D eigenvalue weighted by Crippen LogP contribution is 2.23. The predicted molar refractivity (Wildman–Crippen MR) is 67.9 cm³/mol. The molecule has 1 aromatic heterocycles. The number of carbonyl (C=O) groups is 1. The molecule has 2 rings (SSSR count). The normalized spacial score (nSPS) is 14.7. The Morgan fingerprint density at radius 1 is 1.50 bits per heavy atom. The van der Waals surface area contributed by atoms with Crippen LogP contribution in [0.5, 0.6) is 0 Å². The van der Waals surface area contributed by atoms with E-state index in [-0.39, 0.29) is 23.0 Å². The first-order chi connectivity index (χ1) is 8.54. The molecule has 2 N–H and O–H groups in total. The molecule has 0 radical (unpaired) electrons. The third kappa shape index (κ3) is 2.16. The number of benzene rings is 1. The van der Waals surface area contributed by atoms with Crippen LogP contribution in [0.3, 0.4) is 0 Å². The lowest BCUT2D eigenvalue weighted by molar-refractivity contribution is 0.0909. The Balaban J connectivity index is 2.37. The third-order valence-electron chi connectivity index (χ3n) is 3.30. The Morgan fingerprint density at radius 2 is 2.22 bits per heavy atom. The second-order valence-corrected chi connectivity index (χ2v) is 4.54. The molecule has 0 aliphatic rings. The highest BCUT2D eigenvalue weighted by molar-refractivity contribution is 6.01. The number of ketones is 1. The minimum atomic E-state index is -0.612. The van der Waals surface area contributed by atoms with Gasteiger partial charge in [-0.1, -0.05) is 32.4 Å². The van der Waals surface area contributed by atoms with E-state index in [1.807, 2.05) is 13.8 Å². The van der Waals surface area contributed by atoms with Crippen molar-refractivity contribution in [1.82, 2.24) is 0 Å². The van der Waals surface area contributed by atoms with Crippen molar-refractivity contribution in [2.24, 2.45) is 11.7 Å². The fraction of sp³-hybridized carbons (Fsp3) is 0.357. The largest absolute Gasteiger partial charge is 0.450 e. The van der Waals surface area contributed by atoms with E-state index in [4.69, 9.17) is 10.2 Å². The van der Waals surface area contributed by atoms with Crippen molar-refractivity contribution in [2.75, 3.05) is 0 Å². The van der Waals surface area contributed by atoms with Gasteiger partial charge in [0, 0.05) is 5.39 Å². The van der Waals surface area contributed by atoms with Gasteiger partial charge in [0.25, 0.3) is 0 Å². The van der Waals surface area contributed by atoms with Crippen molar-refractivity contribution in [1.29, 1.82) is 0 Å². The van der Waals surface area contributed by atoms with Gasteiger partial charge in [0.15, 0.2) is 17.2 Å². The molecule has 2 unspecified atom stereocenters. The van der Waals surface area contributed by atoms with Crippen molar-refractivity contribution in [3.8, 4) is 0 Å². The van der Waals surface area contributed by atoms with Gasteiger partial charge in [-0.25, -0.2) is 4.39 Å². The standard InChI is InChI=1S/C14H16FNO2/c1-3-8(2)12(16)13(17)11-7-9-5-4-6-10(15)14(9)18-11/h4-8,12H,3,16H2,1-2H3. The fourth-order valence-electron chi connectivity index (χ4n) is 1.83. The molecular weight excluding hydrogens is 233 g/mol. The topological polar surface area (TPSA) is 56.2 Å². The summed E-state index contributed by atoms with van der Waals surface area (Å²) in [4.78, 5) is 12.1. The van der Waals surface area contributed by atoms with Gasteiger partial charge in [-0.05, 0) is 18.1 Å². The van der Waals surface area contributed by atoms with Crippen LogP contribution >= 0.6 is 0 Å². The van der Waals surface area contributed by atoms with Crippen molar-refractivity contribution in [2.45, 2.75) is 26.3 Å². The van der Waals surface area contributed by atoms with Gasteiger partial charge in [0.2, 0.25) is 5.78 Å². The monoisotopic (exact) mass is 249 g/mol. The zero-order chi connectivity index (χ0) is 13.3. The molecule has 0 fully saturated rings. The molecular formula is C14H16FNO2. The summed E-state index contributed by atoms with van der Waals surface area (Å²) < 4.78 is 18.7. The molecule has 3 nitrogen and oxygen atoms in total. The maximum absolute atomic E-state index is 13.5. The summed E-state index contributed by atoms with van der Waals surface area (Å²) in [5, 5.41) is 0.578. The van der Waals surface area contributed by atoms with Crippen LogP contribution in [0.2, 0.25) is 0 Å². The van der Waals surface area contributed by atoms with E-state index in [1.54, 1.807) is 18.2 Å². The van der Waals surface area contributed by atoms with Gasteiger partial charge in [0.05, 0.1) is 6.04 Å². The quantitative estimate of drug-likeness (QED) is 0.847. The lowest BCUT2D eigenvalue weighted by atomic mass is 9.95. The maximum atomic E-state index is 13.5.